The van der Waals surface area contributed by atoms with Crippen molar-refractivity contribution < 1.29 is 8.78 Å². The lowest BCUT2D eigenvalue weighted by atomic mass is 10.2. The van der Waals surface area contributed by atoms with Crippen LogP contribution in [-0.4, -0.2) is 17.0 Å². The van der Waals surface area contributed by atoms with Gasteiger partial charge in [0.2, 0.25) is 5.95 Å². The van der Waals surface area contributed by atoms with Crippen LogP contribution in [0.4, 0.5) is 20.5 Å². The molecule has 0 bridgehead atoms. The summed E-state index contributed by atoms with van der Waals surface area (Å²) in [5.41, 5.74) is 1.53. The Balaban J connectivity index is 1.76. The SMILES string of the molecule is CNc1nc(NCc2cc(F)cc(F)c2)cc(C2CC2)n1. The third-order valence-electron chi connectivity index (χ3n) is 3.36. The second-order valence-corrected chi connectivity index (χ2v) is 5.16. The van der Waals surface area contributed by atoms with Crippen molar-refractivity contribution in [2.75, 3.05) is 17.7 Å². The Labute approximate surface area is 121 Å². The summed E-state index contributed by atoms with van der Waals surface area (Å²) in [5, 5.41) is 6.01. The molecule has 2 N–H and O–H groups in total. The maximum atomic E-state index is 13.1. The molecule has 0 aliphatic heterocycles. The van der Waals surface area contributed by atoms with Crippen LogP contribution in [0.25, 0.3) is 0 Å². The average Bonchev–Trinajstić information content (AvgIpc) is 3.28. The Morgan fingerprint density at radius 1 is 1.10 bits per heavy atom. The molecule has 1 aromatic heterocycles. The van der Waals surface area contributed by atoms with Crippen molar-refractivity contribution >= 4 is 11.8 Å². The lowest BCUT2D eigenvalue weighted by Gasteiger charge is -2.10. The van der Waals surface area contributed by atoms with Gasteiger partial charge in [0.25, 0.3) is 0 Å². The third-order valence-corrected chi connectivity index (χ3v) is 3.36. The van der Waals surface area contributed by atoms with Crippen LogP contribution in [0.15, 0.2) is 24.3 Å². The number of hydrogen-bond donors (Lipinski definition) is 2. The topological polar surface area (TPSA) is 49.8 Å². The highest BCUT2D eigenvalue weighted by molar-refractivity contribution is 5.44. The van der Waals surface area contributed by atoms with Gasteiger partial charge in [-0.25, -0.2) is 13.8 Å². The van der Waals surface area contributed by atoms with Crippen LogP contribution in [0, 0.1) is 11.6 Å². The lowest BCUT2D eigenvalue weighted by Crippen LogP contribution is -2.06. The molecule has 6 heteroatoms. The summed E-state index contributed by atoms with van der Waals surface area (Å²) in [4.78, 5) is 8.72. The van der Waals surface area contributed by atoms with Gasteiger partial charge in [0.05, 0.1) is 5.69 Å². The third kappa shape index (κ3) is 3.45. The minimum Gasteiger partial charge on any atom is -0.366 e. The number of benzene rings is 1. The molecule has 0 amide bonds. The number of halogens is 2. The Morgan fingerprint density at radius 3 is 2.43 bits per heavy atom. The molecule has 4 nitrogen and oxygen atoms in total. The summed E-state index contributed by atoms with van der Waals surface area (Å²) in [6.45, 7) is 0.305. The summed E-state index contributed by atoms with van der Waals surface area (Å²) >= 11 is 0. The van der Waals surface area contributed by atoms with Gasteiger partial charge in [-0.2, -0.15) is 4.98 Å². The Bertz CT molecular complexity index is 636. The van der Waals surface area contributed by atoms with Crippen molar-refractivity contribution in [3.8, 4) is 0 Å². The van der Waals surface area contributed by atoms with Crippen LogP contribution in [0.3, 0.4) is 0 Å². The highest BCUT2D eigenvalue weighted by Gasteiger charge is 2.26. The molecule has 0 radical (unpaired) electrons. The van der Waals surface area contributed by atoms with Crippen molar-refractivity contribution in [3.05, 3.63) is 47.2 Å². The van der Waals surface area contributed by atoms with Gasteiger partial charge >= 0.3 is 0 Å². The van der Waals surface area contributed by atoms with Crippen LogP contribution < -0.4 is 10.6 Å². The first-order valence-corrected chi connectivity index (χ1v) is 6.89. The van der Waals surface area contributed by atoms with E-state index in [4.69, 9.17) is 0 Å². The van der Waals surface area contributed by atoms with Gasteiger partial charge in [-0.1, -0.05) is 0 Å². The van der Waals surface area contributed by atoms with Crippen LogP contribution in [0.2, 0.25) is 0 Å². The molecule has 0 atom stereocenters. The molecule has 0 saturated heterocycles. The maximum Gasteiger partial charge on any atom is 0.224 e. The number of nitrogens with zero attached hydrogens (tertiary/aromatic N) is 2. The highest BCUT2D eigenvalue weighted by Crippen LogP contribution is 2.39. The van der Waals surface area contributed by atoms with Crippen molar-refractivity contribution in [2.45, 2.75) is 25.3 Å². The number of hydrogen-bond acceptors (Lipinski definition) is 4. The first-order chi connectivity index (χ1) is 10.1. The summed E-state index contributed by atoms with van der Waals surface area (Å²) in [6, 6.07) is 5.36. The fourth-order valence-electron chi connectivity index (χ4n) is 2.16. The molecule has 1 heterocycles. The Hall–Kier alpha value is -2.24. The molecule has 1 aliphatic rings. The summed E-state index contributed by atoms with van der Waals surface area (Å²) in [7, 11) is 1.76. The van der Waals surface area contributed by atoms with E-state index in [0.29, 0.717) is 29.8 Å². The highest BCUT2D eigenvalue weighted by atomic mass is 19.1. The van der Waals surface area contributed by atoms with Crippen LogP contribution >= 0.6 is 0 Å². The van der Waals surface area contributed by atoms with Crippen molar-refractivity contribution in [1.29, 1.82) is 0 Å². The molecule has 21 heavy (non-hydrogen) atoms. The summed E-state index contributed by atoms with van der Waals surface area (Å²) < 4.78 is 26.3. The molecule has 0 unspecified atom stereocenters. The number of aromatic nitrogens is 2. The zero-order chi connectivity index (χ0) is 14.8. The average molecular weight is 290 g/mol. The van der Waals surface area contributed by atoms with E-state index in [1.807, 2.05) is 6.07 Å². The second kappa shape index (κ2) is 5.63. The predicted octanol–water partition coefficient (Wildman–Crippen LogP) is 3.29. The summed E-state index contributed by atoms with van der Waals surface area (Å²) in [5.74, 6) is 0.550. The smallest absolute Gasteiger partial charge is 0.224 e. The lowest BCUT2D eigenvalue weighted by molar-refractivity contribution is 0.580. The molecule has 1 fully saturated rings. The minimum atomic E-state index is -0.580. The molecule has 1 saturated carbocycles. The van der Waals surface area contributed by atoms with Crippen LogP contribution in [-0.2, 0) is 6.54 Å². The van der Waals surface area contributed by atoms with E-state index in [1.165, 1.54) is 12.1 Å². The van der Waals surface area contributed by atoms with E-state index in [-0.39, 0.29) is 0 Å². The predicted molar refractivity (Wildman–Crippen MR) is 77.2 cm³/mol. The van der Waals surface area contributed by atoms with Crippen molar-refractivity contribution in [2.24, 2.45) is 0 Å². The summed E-state index contributed by atoms with van der Waals surface area (Å²) in [6.07, 6.45) is 2.30. The fraction of sp³-hybridized carbons (Fsp3) is 0.333. The zero-order valence-corrected chi connectivity index (χ0v) is 11.7. The van der Waals surface area contributed by atoms with Gasteiger partial charge in [0.1, 0.15) is 17.5 Å². The van der Waals surface area contributed by atoms with Gasteiger partial charge in [-0.3, -0.25) is 0 Å². The monoisotopic (exact) mass is 290 g/mol. The molecule has 110 valence electrons. The number of anilines is 2. The van der Waals surface area contributed by atoms with Gasteiger partial charge in [-0.15, -0.1) is 0 Å². The molecular weight excluding hydrogens is 274 g/mol. The normalized spacial score (nSPS) is 14.0. The van der Waals surface area contributed by atoms with E-state index in [2.05, 4.69) is 20.6 Å². The zero-order valence-electron chi connectivity index (χ0n) is 11.7. The van der Waals surface area contributed by atoms with Crippen molar-refractivity contribution in [1.82, 2.24) is 9.97 Å². The molecule has 0 spiro atoms. The standard InChI is InChI=1S/C15H16F2N4/c1-18-15-20-13(10-2-3-10)7-14(21-15)19-8-9-4-11(16)6-12(17)5-9/h4-7,10H,2-3,8H2,1H3,(H2,18,19,20,21). The van der Waals surface area contributed by atoms with E-state index >= 15 is 0 Å². The molecular formula is C15H16F2N4. The van der Waals surface area contributed by atoms with Gasteiger partial charge in [0.15, 0.2) is 0 Å². The molecule has 3 rings (SSSR count). The second-order valence-electron chi connectivity index (χ2n) is 5.16. The first kappa shape index (κ1) is 13.7. The van der Waals surface area contributed by atoms with E-state index in [9.17, 15) is 8.78 Å². The maximum absolute atomic E-state index is 13.1. The van der Waals surface area contributed by atoms with Gasteiger partial charge in [0, 0.05) is 31.6 Å². The first-order valence-electron chi connectivity index (χ1n) is 6.89. The van der Waals surface area contributed by atoms with Gasteiger partial charge in [-0.05, 0) is 30.5 Å². The molecule has 2 aromatic rings. The minimum absolute atomic E-state index is 0.305. The number of nitrogens with one attached hydrogen (secondary N) is 2. The van der Waals surface area contributed by atoms with E-state index < -0.39 is 11.6 Å². The molecule has 1 aromatic carbocycles. The molecule has 1 aliphatic carbocycles. The largest absolute Gasteiger partial charge is 0.366 e. The van der Waals surface area contributed by atoms with Gasteiger partial charge < -0.3 is 10.6 Å². The Kier molecular flexibility index (Phi) is 3.68. The van der Waals surface area contributed by atoms with Crippen LogP contribution in [0.1, 0.15) is 30.0 Å². The Morgan fingerprint density at radius 2 is 1.81 bits per heavy atom. The fourth-order valence-corrected chi connectivity index (χ4v) is 2.16. The quantitative estimate of drug-likeness (QED) is 0.887. The van der Waals surface area contributed by atoms with Crippen molar-refractivity contribution in [3.63, 3.8) is 0 Å². The number of rotatable bonds is 5. The van der Waals surface area contributed by atoms with Crippen LogP contribution in [0.5, 0.6) is 0 Å². The van der Waals surface area contributed by atoms with E-state index in [1.54, 1.807) is 7.05 Å². The van der Waals surface area contributed by atoms with E-state index in [0.717, 1.165) is 24.6 Å².